The van der Waals surface area contributed by atoms with Gasteiger partial charge in [-0.2, -0.15) is 4.99 Å². The number of aromatic nitrogens is 3. The zero-order chi connectivity index (χ0) is 23.2. The molecule has 0 bridgehead atoms. The third-order valence-electron chi connectivity index (χ3n) is 5.52. The maximum absolute atomic E-state index is 13.2. The first-order valence-corrected chi connectivity index (χ1v) is 11.7. The van der Waals surface area contributed by atoms with E-state index in [1.165, 1.54) is 6.08 Å². The fraction of sp³-hybridized carbons (Fsp3) is 0.818. The van der Waals surface area contributed by atoms with Gasteiger partial charge in [0.1, 0.15) is 6.17 Å². The second kappa shape index (κ2) is 14.7. The molecule has 9 heteroatoms. The van der Waals surface area contributed by atoms with E-state index in [0.717, 1.165) is 65.1 Å². The van der Waals surface area contributed by atoms with E-state index >= 15 is 0 Å². The van der Waals surface area contributed by atoms with Gasteiger partial charge in [-0.15, -0.1) is 0 Å². The van der Waals surface area contributed by atoms with Gasteiger partial charge in [-0.1, -0.05) is 72.1 Å². The normalized spacial score (nSPS) is 13.0. The molecule has 0 amide bonds. The summed E-state index contributed by atoms with van der Waals surface area (Å²) < 4.78 is 2.95. The predicted molar refractivity (Wildman–Crippen MR) is 122 cm³/mol. The van der Waals surface area contributed by atoms with Crippen LogP contribution in [0.2, 0.25) is 0 Å². The first kappa shape index (κ1) is 26.8. The molecule has 2 unspecified atom stereocenters. The van der Waals surface area contributed by atoms with Crippen LogP contribution in [0.15, 0.2) is 19.4 Å². The molecule has 2 N–H and O–H groups in total. The Bertz CT molecular complexity index is 879. The minimum Gasteiger partial charge on any atom is -0.311 e. The smallest absolute Gasteiger partial charge is 0.311 e. The summed E-state index contributed by atoms with van der Waals surface area (Å²) >= 11 is 0. The number of carbonyl (C=O) groups excluding carboxylic acids is 1. The summed E-state index contributed by atoms with van der Waals surface area (Å²) in [4.78, 5) is 54.2. The van der Waals surface area contributed by atoms with E-state index in [4.69, 9.17) is 5.73 Å². The maximum atomic E-state index is 13.2. The Balaban J connectivity index is 3.52. The fourth-order valence-electron chi connectivity index (χ4n) is 3.67. The second-order valence-electron chi connectivity index (χ2n) is 8.06. The summed E-state index contributed by atoms with van der Waals surface area (Å²) in [5, 5.41) is 0. The van der Waals surface area contributed by atoms with Crippen molar-refractivity contribution in [3.8, 4) is 0 Å². The summed E-state index contributed by atoms with van der Waals surface area (Å²) in [5.41, 5.74) is 4.00. The molecule has 9 nitrogen and oxygen atoms in total. The molecule has 0 aromatic carbocycles. The molecule has 0 aliphatic carbocycles. The lowest BCUT2D eigenvalue weighted by Crippen LogP contribution is -2.57. The van der Waals surface area contributed by atoms with Crippen molar-refractivity contribution in [2.75, 3.05) is 0 Å². The van der Waals surface area contributed by atoms with Gasteiger partial charge in [-0.3, -0.25) is 0 Å². The third-order valence-corrected chi connectivity index (χ3v) is 5.52. The molecule has 0 saturated carbocycles. The number of nitrogens with zero attached hydrogens (tertiary/aromatic N) is 4. The van der Waals surface area contributed by atoms with Crippen molar-refractivity contribution in [1.29, 1.82) is 0 Å². The number of isocyanates is 1. The van der Waals surface area contributed by atoms with E-state index in [1.807, 2.05) is 6.92 Å². The molecule has 0 aliphatic rings. The highest BCUT2D eigenvalue weighted by Gasteiger charge is 2.24. The van der Waals surface area contributed by atoms with Crippen LogP contribution in [0.1, 0.15) is 110 Å². The fourth-order valence-corrected chi connectivity index (χ4v) is 3.67. The molecule has 0 aliphatic heterocycles. The van der Waals surface area contributed by atoms with Crippen LogP contribution in [-0.4, -0.2) is 19.8 Å². The molecule has 1 aromatic rings. The molecule has 1 heterocycles. The Morgan fingerprint density at radius 3 is 1.90 bits per heavy atom. The number of nitrogens with two attached hydrogens (primary N) is 1. The predicted octanol–water partition coefficient (Wildman–Crippen LogP) is 3.20. The Hall–Kier alpha value is -2.25. The average Bonchev–Trinajstić information content (AvgIpc) is 2.73. The minimum atomic E-state index is -0.986. The minimum absolute atomic E-state index is 0.201. The van der Waals surface area contributed by atoms with Gasteiger partial charge >= 0.3 is 17.1 Å². The highest BCUT2D eigenvalue weighted by Crippen LogP contribution is 2.14. The van der Waals surface area contributed by atoms with Gasteiger partial charge in [0.05, 0.1) is 6.17 Å². The topological polar surface area (TPSA) is 121 Å². The molecule has 0 spiro atoms. The largest absolute Gasteiger partial charge is 0.339 e. The van der Waals surface area contributed by atoms with Gasteiger partial charge in [0.25, 0.3) is 0 Å². The highest BCUT2D eigenvalue weighted by atomic mass is 16.2. The lowest BCUT2D eigenvalue weighted by molar-refractivity contribution is 0.332. The van der Waals surface area contributed by atoms with Crippen molar-refractivity contribution in [2.45, 2.75) is 117 Å². The molecule has 2 atom stereocenters. The molecule has 1 rings (SSSR count). The van der Waals surface area contributed by atoms with Gasteiger partial charge in [0, 0.05) is 6.54 Å². The van der Waals surface area contributed by atoms with Crippen molar-refractivity contribution in [3.05, 3.63) is 31.5 Å². The first-order valence-electron chi connectivity index (χ1n) is 11.7. The summed E-state index contributed by atoms with van der Waals surface area (Å²) in [6.07, 6.45) is 9.18. The highest BCUT2D eigenvalue weighted by molar-refractivity contribution is 5.33. The molecule has 31 heavy (non-hydrogen) atoms. The number of unbranched alkanes of at least 4 members (excludes halogenated alkanes) is 7. The summed E-state index contributed by atoms with van der Waals surface area (Å²) in [6.45, 7) is 6.36. The van der Waals surface area contributed by atoms with Gasteiger partial charge in [0.15, 0.2) is 0 Å². The van der Waals surface area contributed by atoms with E-state index < -0.39 is 29.4 Å². The van der Waals surface area contributed by atoms with Crippen LogP contribution in [0.5, 0.6) is 0 Å². The molecule has 0 fully saturated rings. The van der Waals surface area contributed by atoms with Crippen LogP contribution in [0.25, 0.3) is 0 Å². The van der Waals surface area contributed by atoms with Crippen LogP contribution < -0.4 is 22.8 Å². The summed E-state index contributed by atoms with van der Waals surface area (Å²) in [6, 6.07) is 0. The van der Waals surface area contributed by atoms with Crippen LogP contribution in [0, 0.1) is 0 Å². The van der Waals surface area contributed by atoms with Crippen molar-refractivity contribution in [2.24, 2.45) is 10.7 Å². The molecule has 176 valence electrons. The van der Waals surface area contributed by atoms with E-state index in [1.54, 1.807) is 0 Å². The van der Waals surface area contributed by atoms with Crippen molar-refractivity contribution >= 4 is 6.08 Å². The average molecular weight is 438 g/mol. The third kappa shape index (κ3) is 7.74. The lowest BCUT2D eigenvalue weighted by Gasteiger charge is -2.21. The summed E-state index contributed by atoms with van der Waals surface area (Å²) in [7, 11) is 0. The SMILES string of the molecule is CCCCCCn1c(=O)n(C(N)CCCCC)c(=O)n(C(CCCCC)N=C=O)c1=O. The zero-order valence-electron chi connectivity index (χ0n) is 19.3. The monoisotopic (exact) mass is 437 g/mol. The van der Waals surface area contributed by atoms with Crippen LogP contribution in [-0.2, 0) is 11.3 Å². The maximum Gasteiger partial charge on any atom is 0.339 e. The van der Waals surface area contributed by atoms with E-state index in [-0.39, 0.29) is 6.54 Å². The molecule has 0 saturated heterocycles. The Morgan fingerprint density at radius 2 is 1.32 bits per heavy atom. The Morgan fingerprint density at radius 1 is 0.774 bits per heavy atom. The molecule has 1 aromatic heterocycles. The van der Waals surface area contributed by atoms with E-state index in [0.29, 0.717) is 25.7 Å². The lowest BCUT2D eigenvalue weighted by atomic mass is 10.1. The molecular weight excluding hydrogens is 398 g/mol. The van der Waals surface area contributed by atoms with E-state index in [9.17, 15) is 19.2 Å². The Kier molecular flexibility index (Phi) is 12.7. The van der Waals surface area contributed by atoms with Crippen LogP contribution >= 0.6 is 0 Å². The molecular formula is C22H39N5O4. The standard InChI is InChI=1S/C22H39N5O4/c1-4-7-10-13-16-25-20(29)26(18(23)14-11-8-5-2)22(31)27(21(25)30)19(24-17-28)15-12-9-6-3/h18-19H,4-16,23H2,1-3H3. The number of rotatable bonds is 16. The van der Waals surface area contributed by atoms with Crippen molar-refractivity contribution in [1.82, 2.24) is 13.7 Å². The van der Waals surface area contributed by atoms with Crippen molar-refractivity contribution in [3.63, 3.8) is 0 Å². The van der Waals surface area contributed by atoms with Crippen molar-refractivity contribution < 1.29 is 4.79 Å². The number of hydrogen-bond acceptors (Lipinski definition) is 6. The number of hydrogen-bond donors (Lipinski definition) is 1. The van der Waals surface area contributed by atoms with Gasteiger partial charge in [-0.25, -0.2) is 32.9 Å². The van der Waals surface area contributed by atoms with E-state index in [2.05, 4.69) is 18.8 Å². The zero-order valence-corrected chi connectivity index (χ0v) is 19.3. The first-order chi connectivity index (χ1) is 14.9. The second-order valence-corrected chi connectivity index (χ2v) is 8.06. The van der Waals surface area contributed by atoms with Crippen LogP contribution in [0.3, 0.4) is 0 Å². The van der Waals surface area contributed by atoms with Gasteiger partial charge in [0.2, 0.25) is 6.08 Å². The summed E-state index contributed by atoms with van der Waals surface area (Å²) in [5.74, 6) is 0. The van der Waals surface area contributed by atoms with Gasteiger partial charge in [-0.05, 0) is 25.7 Å². The van der Waals surface area contributed by atoms with Crippen LogP contribution in [0.4, 0.5) is 0 Å². The molecule has 0 radical (unpaired) electrons. The quantitative estimate of drug-likeness (QED) is 0.242. The Labute approximate surface area is 184 Å². The van der Waals surface area contributed by atoms with Gasteiger partial charge < -0.3 is 5.73 Å². The number of aliphatic imine (C=N–C) groups is 1.